The van der Waals surface area contributed by atoms with Crippen molar-refractivity contribution in [3.8, 4) is 0 Å². The largest absolute Gasteiger partial charge is 0.347 e. The summed E-state index contributed by atoms with van der Waals surface area (Å²) in [6.07, 6.45) is 10.2. The molecule has 1 heterocycles. The van der Waals surface area contributed by atoms with Gasteiger partial charge in [0.05, 0.1) is 0 Å². The number of allylic oxidation sites excluding steroid dienone is 2. The maximum atomic E-state index is 2.58. The Kier molecular flexibility index (Phi) is 3.60. The second kappa shape index (κ2) is 5.87. The Hall–Kier alpha value is -2.28. The molecule has 2 aromatic carbocycles. The van der Waals surface area contributed by atoms with Gasteiger partial charge in [0, 0.05) is 35.0 Å². The van der Waals surface area contributed by atoms with Gasteiger partial charge in [0.2, 0.25) is 0 Å². The molecule has 2 aliphatic rings. The summed E-state index contributed by atoms with van der Waals surface area (Å²) < 4.78 is 2.48. The first-order chi connectivity index (χ1) is 12.8. The van der Waals surface area contributed by atoms with Gasteiger partial charge in [0.1, 0.15) is 0 Å². The van der Waals surface area contributed by atoms with Crippen LogP contribution in [0.25, 0.3) is 10.9 Å². The van der Waals surface area contributed by atoms with E-state index < -0.39 is 0 Å². The molecule has 1 heteroatoms. The van der Waals surface area contributed by atoms with E-state index in [2.05, 4.69) is 85.3 Å². The first-order valence-electron chi connectivity index (χ1n) is 10.1. The highest BCUT2D eigenvalue weighted by Crippen LogP contribution is 2.58. The van der Waals surface area contributed by atoms with Crippen LogP contribution in [0.4, 0.5) is 0 Å². The normalized spacial score (nSPS) is 24.8. The Morgan fingerprint density at radius 2 is 1.73 bits per heavy atom. The fraction of sp³-hybridized carbons (Fsp3) is 0.360. The number of hydrogen-bond acceptors (Lipinski definition) is 0. The van der Waals surface area contributed by atoms with E-state index in [-0.39, 0.29) is 5.41 Å². The van der Waals surface area contributed by atoms with Crippen LogP contribution in [0.5, 0.6) is 0 Å². The van der Waals surface area contributed by atoms with E-state index in [9.17, 15) is 0 Å². The third-order valence-electron chi connectivity index (χ3n) is 6.58. The molecule has 1 nitrogen and oxygen atoms in total. The predicted octanol–water partition coefficient (Wildman–Crippen LogP) is 6.33. The van der Waals surface area contributed by atoms with Crippen LogP contribution in [0.2, 0.25) is 0 Å². The van der Waals surface area contributed by atoms with E-state index in [1.54, 1.807) is 11.3 Å². The van der Waals surface area contributed by atoms with Crippen LogP contribution in [-0.2, 0) is 12.5 Å². The molecule has 2 aliphatic carbocycles. The standard InChI is InChI=1S/C25H27N/c1-3-9-18-16-17-25(20-14-15-20,19-10-5-4-6-11-19)23-21-12-7-8-13-22(21)26(2)24(18)23/h4-8,10-13,16-18,20H,3,9,14-15H2,1-2H3. The fourth-order valence-corrected chi connectivity index (χ4v) is 5.34. The van der Waals surface area contributed by atoms with Gasteiger partial charge in [-0.25, -0.2) is 0 Å². The van der Waals surface area contributed by atoms with Crippen LogP contribution >= 0.6 is 0 Å². The number of aryl methyl sites for hydroxylation is 1. The lowest BCUT2D eigenvalue weighted by atomic mass is 9.65. The molecule has 3 aromatic rings. The molecule has 0 spiro atoms. The van der Waals surface area contributed by atoms with Crippen molar-refractivity contribution < 1.29 is 0 Å². The first kappa shape index (κ1) is 15.9. The number of aromatic nitrogens is 1. The quantitative estimate of drug-likeness (QED) is 0.489. The summed E-state index contributed by atoms with van der Waals surface area (Å²) in [5.41, 5.74) is 6.02. The van der Waals surface area contributed by atoms with Gasteiger partial charge >= 0.3 is 0 Å². The second-order valence-corrected chi connectivity index (χ2v) is 8.10. The van der Waals surface area contributed by atoms with Gasteiger partial charge in [-0.05, 0) is 42.4 Å². The average Bonchev–Trinajstić information content (AvgIpc) is 3.49. The molecule has 2 atom stereocenters. The van der Waals surface area contributed by atoms with E-state index in [0.29, 0.717) is 5.92 Å². The van der Waals surface area contributed by atoms with Gasteiger partial charge in [-0.3, -0.25) is 0 Å². The van der Waals surface area contributed by atoms with E-state index in [1.807, 2.05) is 0 Å². The minimum Gasteiger partial charge on any atom is -0.347 e. The van der Waals surface area contributed by atoms with Gasteiger partial charge in [-0.1, -0.05) is 74.0 Å². The lowest BCUT2D eigenvalue weighted by Gasteiger charge is -2.38. The van der Waals surface area contributed by atoms with E-state index >= 15 is 0 Å². The van der Waals surface area contributed by atoms with Crippen molar-refractivity contribution in [3.05, 3.63) is 83.6 Å². The molecule has 0 amide bonds. The van der Waals surface area contributed by atoms with E-state index in [4.69, 9.17) is 0 Å². The zero-order chi connectivity index (χ0) is 17.7. The fourth-order valence-electron chi connectivity index (χ4n) is 5.34. The number of benzene rings is 2. The van der Waals surface area contributed by atoms with E-state index in [0.717, 1.165) is 5.92 Å². The number of fused-ring (bicyclic) bond motifs is 3. The van der Waals surface area contributed by atoms with Crippen molar-refractivity contribution in [1.29, 1.82) is 0 Å². The summed E-state index contributed by atoms with van der Waals surface area (Å²) in [7, 11) is 2.27. The highest BCUT2D eigenvalue weighted by atomic mass is 15.0. The molecular weight excluding hydrogens is 314 g/mol. The molecule has 26 heavy (non-hydrogen) atoms. The Morgan fingerprint density at radius 1 is 1.00 bits per heavy atom. The third kappa shape index (κ3) is 2.09. The number of para-hydroxylation sites is 1. The highest BCUT2D eigenvalue weighted by Gasteiger charge is 2.50. The van der Waals surface area contributed by atoms with Crippen molar-refractivity contribution >= 4 is 10.9 Å². The molecule has 1 fully saturated rings. The number of hydrogen-bond donors (Lipinski definition) is 0. The molecule has 0 radical (unpaired) electrons. The summed E-state index contributed by atoms with van der Waals surface area (Å²) >= 11 is 0. The van der Waals surface area contributed by atoms with Crippen LogP contribution in [-0.4, -0.2) is 4.57 Å². The van der Waals surface area contributed by atoms with E-state index in [1.165, 1.54) is 42.1 Å². The summed E-state index contributed by atoms with van der Waals surface area (Å²) in [4.78, 5) is 0. The molecule has 132 valence electrons. The summed E-state index contributed by atoms with van der Waals surface area (Å²) in [6.45, 7) is 2.30. The third-order valence-corrected chi connectivity index (χ3v) is 6.58. The monoisotopic (exact) mass is 341 g/mol. The van der Waals surface area contributed by atoms with Crippen LogP contribution in [0, 0.1) is 5.92 Å². The predicted molar refractivity (Wildman–Crippen MR) is 110 cm³/mol. The van der Waals surface area contributed by atoms with Crippen molar-refractivity contribution in [1.82, 2.24) is 4.57 Å². The number of nitrogens with zero attached hydrogens (tertiary/aromatic N) is 1. The van der Waals surface area contributed by atoms with Crippen molar-refractivity contribution in [2.75, 3.05) is 0 Å². The van der Waals surface area contributed by atoms with Crippen molar-refractivity contribution in [2.24, 2.45) is 13.0 Å². The number of rotatable bonds is 4. The molecular formula is C25H27N. The van der Waals surface area contributed by atoms with Crippen LogP contribution in [0.15, 0.2) is 66.7 Å². The Labute approximate surface area is 156 Å². The SMILES string of the molecule is CCCC1C=CC(c2ccccc2)(C2CC2)c2c1n(C)c1ccccc21. The van der Waals surface area contributed by atoms with Gasteiger partial charge in [0.25, 0.3) is 0 Å². The zero-order valence-corrected chi connectivity index (χ0v) is 15.8. The topological polar surface area (TPSA) is 4.93 Å². The van der Waals surface area contributed by atoms with Crippen LogP contribution in [0.1, 0.15) is 55.3 Å². The lowest BCUT2D eigenvalue weighted by Crippen LogP contribution is -2.32. The van der Waals surface area contributed by atoms with Gasteiger partial charge in [0.15, 0.2) is 0 Å². The van der Waals surface area contributed by atoms with Crippen molar-refractivity contribution in [2.45, 2.75) is 43.9 Å². The maximum absolute atomic E-state index is 2.58. The van der Waals surface area contributed by atoms with Gasteiger partial charge in [-0.15, -0.1) is 0 Å². The van der Waals surface area contributed by atoms with Crippen molar-refractivity contribution in [3.63, 3.8) is 0 Å². The Balaban J connectivity index is 1.87. The summed E-state index contributed by atoms with van der Waals surface area (Å²) in [6, 6.07) is 20.3. The Morgan fingerprint density at radius 3 is 2.46 bits per heavy atom. The molecule has 0 saturated heterocycles. The van der Waals surface area contributed by atoms with Gasteiger partial charge < -0.3 is 4.57 Å². The second-order valence-electron chi connectivity index (χ2n) is 8.10. The molecule has 5 rings (SSSR count). The minimum atomic E-state index is 0.0434. The van der Waals surface area contributed by atoms with Crippen LogP contribution in [0.3, 0.4) is 0 Å². The molecule has 0 bridgehead atoms. The first-order valence-corrected chi connectivity index (χ1v) is 10.1. The zero-order valence-electron chi connectivity index (χ0n) is 15.8. The average molecular weight is 341 g/mol. The summed E-state index contributed by atoms with van der Waals surface area (Å²) in [5.74, 6) is 1.26. The molecule has 1 aromatic heterocycles. The molecule has 1 saturated carbocycles. The molecule has 0 aliphatic heterocycles. The smallest absolute Gasteiger partial charge is 0.0483 e. The van der Waals surface area contributed by atoms with Gasteiger partial charge in [-0.2, -0.15) is 0 Å². The lowest BCUT2D eigenvalue weighted by molar-refractivity contribution is 0.519. The minimum absolute atomic E-state index is 0.0434. The Bertz CT molecular complexity index is 974. The van der Waals surface area contributed by atoms with Crippen LogP contribution < -0.4 is 0 Å². The molecule has 2 unspecified atom stereocenters. The maximum Gasteiger partial charge on any atom is 0.0483 e. The molecule has 0 N–H and O–H groups in total. The highest BCUT2D eigenvalue weighted by molar-refractivity contribution is 5.89. The summed E-state index contributed by atoms with van der Waals surface area (Å²) in [5, 5.41) is 1.45.